The number of hydrogen-bond donors (Lipinski definition) is 0. The van der Waals surface area contributed by atoms with Gasteiger partial charge in [-0.2, -0.15) is 8.42 Å². The summed E-state index contributed by atoms with van der Waals surface area (Å²) in [5, 5.41) is 0. The Morgan fingerprint density at radius 1 is 0.933 bits per heavy atom. The van der Waals surface area contributed by atoms with Crippen molar-refractivity contribution in [2.24, 2.45) is 0 Å². The van der Waals surface area contributed by atoms with Gasteiger partial charge in [0, 0.05) is 13.5 Å². The van der Waals surface area contributed by atoms with Crippen molar-refractivity contribution in [3.05, 3.63) is 64.7 Å². The van der Waals surface area contributed by atoms with E-state index in [-0.39, 0.29) is 36.3 Å². The highest BCUT2D eigenvalue weighted by Crippen LogP contribution is 2.16. The van der Waals surface area contributed by atoms with Gasteiger partial charge < -0.3 is 0 Å². The third-order valence-electron chi connectivity index (χ3n) is 4.98. The Morgan fingerprint density at radius 2 is 1.53 bits per heavy atom. The molecule has 2 aromatic carbocycles. The monoisotopic (exact) mass is 431 g/mol. The standard InChI is InChI=1S/C23H29NO5S/c1-17-10-12-21(13-11-17)30(27,28)29-15-6-5-14-24(20(4)25)23(26)16-22-18(2)8-7-9-19(22)3/h7-13H,5-6,14-16H2,1-4H3. The molecule has 0 aliphatic carbocycles. The first-order valence-electron chi connectivity index (χ1n) is 9.94. The first kappa shape index (κ1) is 23.8. The van der Waals surface area contributed by atoms with Gasteiger partial charge in [0.05, 0.1) is 17.9 Å². The lowest BCUT2D eigenvalue weighted by molar-refractivity contribution is -0.143. The summed E-state index contributed by atoms with van der Waals surface area (Å²) in [7, 11) is -3.81. The topological polar surface area (TPSA) is 80.8 Å². The molecule has 0 aliphatic rings. The molecule has 0 N–H and O–H groups in total. The second-order valence-corrected chi connectivity index (χ2v) is 9.02. The van der Waals surface area contributed by atoms with Crippen LogP contribution in [0.3, 0.4) is 0 Å². The maximum absolute atomic E-state index is 12.7. The molecule has 2 aromatic rings. The van der Waals surface area contributed by atoms with Crippen LogP contribution in [0.1, 0.15) is 42.0 Å². The molecule has 30 heavy (non-hydrogen) atoms. The van der Waals surface area contributed by atoms with E-state index in [1.54, 1.807) is 12.1 Å². The first-order valence-corrected chi connectivity index (χ1v) is 11.3. The van der Waals surface area contributed by atoms with Gasteiger partial charge in [0.2, 0.25) is 11.8 Å². The molecule has 0 spiro atoms. The highest BCUT2D eigenvalue weighted by Gasteiger charge is 2.20. The smallest absolute Gasteiger partial charge is 0.283 e. The van der Waals surface area contributed by atoms with E-state index < -0.39 is 10.1 Å². The molecule has 162 valence electrons. The molecular weight excluding hydrogens is 402 g/mol. The summed E-state index contributed by atoms with van der Waals surface area (Å²) >= 11 is 0. The van der Waals surface area contributed by atoms with E-state index >= 15 is 0 Å². The quantitative estimate of drug-likeness (QED) is 0.447. The fourth-order valence-corrected chi connectivity index (χ4v) is 4.09. The van der Waals surface area contributed by atoms with Crippen LogP contribution in [0.5, 0.6) is 0 Å². The SMILES string of the molecule is CC(=O)N(CCCCOS(=O)(=O)c1ccc(C)cc1)C(=O)Cc1c(C)cccc1C. The van der Waals surface area contributed by atoms with Crippen LogP contribution in [0, 0.1) is 20.8 Å². The van der Waals surface area contributed by atoms with Crippen molar-refractivity contribution in [1.82, 2.24) is 4.90 Å². The fraction of sp³-hybridized carbons (Fsp3) is 0.391. The first-order chi connectivity index (χ1) is 14.1. The predicted octanol–water partition coefficient (Wildman–Crippen LogP) is 3.72. The van der Waals surface area contributed by atoms with Crippen molar-refractivity contribution < 1.29 is 22.2 Å². The van der Waals surface area contributed by atoms with Crippen LogP contribution in [0.25, 0.3) is 0 Å². The Labute approximate surface area is 179 Å². The minimum Gasteiger partial charge on any atom is -0.283 e. The molecule has 0 atom stereocenters. The Kier molecular flexibility index (Phi) is 8.32. The molecule has 0 aliphatic heterocycles. The highest BCUT2D eigenvalue weighted by molar-refractivity contribution is 7.86. The van der Waals surface area contributed by atoms with E-state index in [2.05, 4.69) is 0 Å². The minimum absolute atomic E-state index is 0.00690. The average Bonchev–Trinajstić information content (AvgIpc) is 2.67. The molecule has 0 saturated carbocycles. The minimum atomic E-state index is -3.81. The van der Waals surface area contributed by atoms with Crippen LogP contribution in [-0.2, 0) is 30.3 Å². The number of carbonyl (C=O) groups is 2. The van der Waals surface area contributed by atoms with Gasteiger partial charge in [0.1, 0.15) is 0 Å². The van der Waals surface area contributed by atoms with Gasteiger partial charge in [-0.05, 0) is 62.4 Å². The van der Waals surface area contributed by atoms with Crippen molar-refractivity contribution >= 4 is 21.9 Å². The largest absolute Gasteiger partial charge is 0.296 e. The van der Waals surface area contributed by atoms with E-state index in [1.165, 1.54) is 24.0 Å². The van der Waals surface area contributed by atoms with E-state index in [1.807, 2.05) is 39.0 Å². The second-order valence-electron chi connectivity index (χ2n) is 7.41. The number of unbranched alkanes of at least 4 members (excludes halogenated alkanes) is 1. The molecule has 0 bridgehead atoms. The number of imide groups is 1. The average molecular weight is 432 g/mol. The molecule has 0 unspecified atom stereocenters. The van der Waals surface area contributed by atoms with Gasteiger partial charge in [-0.25, -0.2) is 0 Å². The van der Waals surface area contributed by atoms with Crippen LogP contribution < -0.4 is 0 Å². The molecule has 0 fully saturated rings. The van der Waals surface area contributed by atoms with E-state index in [4.69, 9.17) is 4.18 Å². The summed E-state index contributed by atoms with van der Waals surface area (Å²) in [6.45, 7) is 7.35. The van der Waals surface area contributed by atoms with E-state index in [0.717, 1.165) is 22.3 Å². The van der Waals surface area contributed by atoms with Crippen molar-refractivity contribution in [1.29, 1.82) is 0 Å². The van der Waals surface area contributed by atoms with Crippen molar-refractivity contribution in [2.75, 3.05) is 13.2 Å². The van der Waals surface area contributed by atoms with Crippen LogP contribution in [0.15, 0.2) is 47.4 Å². The van der Waals surface area contributed by atoms with Gasteiger partial charge in [0.25, 0.3) is 10.1 Å². The molecule has 6 nitrogen and oxygen atoms in total. The van der Waals surface area contributed by atoms with Crippen LogP contribution in [0.4, 0.5) is 0 Å². The number of carbonyl (C=O) groups excluding carboxylic acids is 2. The molecule has 2 amide bonds. The summed E-state index contributed by atoms with van der Waals surface area (Å²) in [6.07, 6.45) is 1.03. The molecular formula is C23H29NO5S. The van der Waals surface area contributed by atoms with Gasteiger partial charge in [-0.3, -0.25) is 18.7 Å². The summed E-state index contributed by atoms with van der Waals surface area (Å²) in [6, 6.07) is 12.3. The number of hydrogen-bond acceptors (Lipinski definition) is 5. The van der Waals surface area contributed by atoms with E-state index in [0.29, 0.717) is 12.8 Å². The molecule has 7 heteroatoms. The molecule has 0 saturated heterocycles. The molecule has 0 radical (unpaired) electrons. The van der Waals surface area contributed by atoms with Crippen LogP contribution in [-0.4, -0.2) is 38.3 Å². The third-order valence-corrected chi connectivity index (χ3v) is 6.30. The van der Waals surface area contributed by atoms with Crippen molar-refractivity contribution in [2.45, 2.75) is 51.9 Å². The number of benzene rings is 2. The third kappa shape index (κ3) is 6.50. The van der Waals surface area contributed by atoms with Gasteiger partial charge in [-0.15, -0.1) is 0 Å². The van der Waals surface area contributed by atoms with Crippen molar-refractivity contribution in [3.63, 3.8) is 0 Å². The van der Waals surface area contributed by atoms with Crippen molar-refractivity contribution in [3.8, 4) is 0 Å². The van der Waals surface area contributed by atoms with Crippen LogP contribution >= 0.6 is 0 Å². The van der Waals surface area contributed by atoms with Crippen LogP contribution in [0.2, 0.25) is 0 Å². The summed E-state index contributed by atoms with van der Waals surface area (Å²) in [5.41, 5.74) is 3.92. The number of nitrogens with zero attached hydrogens (tertiary/aromatic N) is 1. The molecule has 2 rings (SSSR count). The Morgan fingerprint density at radius 3 is 2.10 bits per heavy atom. The zero-order chi connectivity index (χ0) is 22.3. The second kappa shape index (κ2) is 10.5. The predicted molar refractivity (Wildman–Crippen MR) is 116 cm³/mol. The lowest BCUT2D eigenvalue weighted by atomic mass is 9.99. The normalized spacial score (nSPS) is 11.3. The maximum atomic E-state index is 12.7. The summed E-state index contributed by atoms with van der Waals surface area (Å²) < 4.78 is 29.4. The lowest BCUT2D eigenvalue weighted by Crippen LogP contribution is -2.37. The maximum Gasteiger partial charge on any atom is 0.296 e. The van der Waals surface area contributed by atoms with Gasteiger partial charge in [-0.1, -0.05) is 35.9 Å². The zero-order valence-corrected chi connectivity index (χ0v) is 18.8. The summed E-state index contributed by atoms with van der Waals surface area (Å²) in [5.74, 6) is -0.576. The Balaban J connectivity index is 1.87. The fourth-order valence-electron chi connectivity index (χ4n) is 3.15. The van der Waals surface area contributed by atoms with E-state index in [9.17, 15) is 18.0 Å². The molecule has 0 aromatic heterocycles. The zero-order valence-electron chi connectivity index (χ0n) is 18.0. The molecule has 0 heterocycles. The number of rotatable bonds is 9. The lowest BCUT2D eigenvalue weighted by Gasteiger charge is -2.20. The van der Waals surface area contributed by atoms with Gasteiger partial charge in [0.15, 0.2) is 0 Å². The number of amides is 2. The Hall–Kier alpha value is -2.51. The number of aryl methyl sites for hydroxylation is 3. The van der Waals surface area contributed by atoms with Gasteiger partial charge >= 0.3 is 0 Å². The highest BCUT2D eigenvalue weighted by atomic mass is 32.2. The summed E-state index contributed by atoms with van der Waals surface area (Å²) in [4.78, 5) is 26.0. The Bertz CT molecular complexity index is 977.